The lowest BCUT2D eigenvalue weighted by Crippen LogP contribution is -2.16. The predicted octanol–water partition coefficient (Wildman–Crippen LogP) is 1.39. The predicted molar refractivity (Wildman–Crippen MR) is 57.6 cm³/mol. The van der Waals surface area contributed by atoms with E-state index in [2.05, 4.69) is 10.3 Å². The van der Waals surface area contributed by atoms with E-state index in [9.17, 15) is 5.11 Å². The van der Waals surface area contributed by atoms with Crippen LogP contribution < -0.4 is 5.32 Å². The summed E-state index contributed by atoms with van der Waals surface area (Å²) in [5, 5.41) is 12.7. The molecule has 0 amide bonds. The number of nitrogens with one attached hydrogen (secondary N) is 1. The summed E-state index contributed by atoms with van der Waals surface area (Å²) in [6, 6.07) is 5.56. The molecule has 1 aromatic heterocycles. The Morgan fingerprint density at radius 3 is 3.07 bits per heavy atom. The van der Waals surface area contributed by atoms with Gasteiger partial charge < -0.3 is 14.8 Å². The van der Waals surface area contributed by atoms with Gasteiger partial charge in [0.05, 0.1) is 6.10 Å². The van der Waals surface area contributed by atoms with Crippen molar-refractivity contribution in [2.24, 2.45) is 0 Å². The van der Waals surface area contributed by atoms with Gasteiger partial charge in [-0.05, 0) is 24.7 Å². The lowest BCUT2D eigenvalue weighted by Gasteiger charge is -2.09. The summed E-state index contributed by atoms with van der Waals surface area (Å²) in [6.45, 7) is 2.34. The molecule has 2 aromatic rings. The molecule has 1 atom stereocenters. The highest BCUT2D eigenvalue weighted by atomic mass is 16.3. The summed E-state index contributed by atoms with van der Waals surface area (Å²) in [4.78, 5) is 4.20. The third-order valence-corrected chi connectivity index (χ3v) is 2.30. The minimum absolute atomic E-state index is 0.509. The number of benzene rings is 1. The number of fused-ring (bicyclic) bond motifs is 1. The van der Waals surface area contributed by atoms with Crippen molar-refractivity contribution < 1.29 is 9.52 Å². The number of likely N-dealkylation sites (N-methyl/N-ethyl adjacent to an activating group) is 1. The molecule has 15 heavy (non-hydrogen) atoms. The molecule has 1 heterocycles. The molecule has 0 saturated carbocycles. The zero-order valence-electron chi connectivity index (χ0n) is 8.82. The summed E-state index contributed by atoms with van der Waals surface area (Å²) in [5.74, 6) is 0.644. The number of hydrogen-bond acceptors (Lipinski definition) is 4. The summed E-state index contributed by atoms with van der Waals surface area (Å²) >= 11 is 0. The zero-order chi connectivity index (χ0) is 10.8. The molecule has 2 rings (SSSR count). The fourth-order valence-electron chi connectivity index (χ4n) is 1.57. The Hall–Kier alpha value is -1.39. The monoisotopic (exact) mass is 206 g/mol. The van der Waals surface area contributed by atoms with Gasteiger partial charge in [-0.3, -0.25) is 0 Å². The highest BCUT2D eigenvalue weighted by Crippen LogP contribution is 2.20. The highest BCUT2D eigenvalue weighted by Gasteiger charge is 2.09. The maximum Gasteiger partial charge on any atom is 0.192 e. The first-order valence-electron chi connectivity index (χ1n) is 4.90. The van der Waals surface area contributed by atoms with Crippen molar-refractivity contribution in [2.75, 3.05) is 13.6 Å². The Morgan fingerprint density at radius 2 is 2.33 bits per heavy atom. The molecule has 4 heteroatoms. The minimum Gasteiger partial charge on any atom is -0.441 e. The first-order valence-corrected chi connectivity index (χ1v) is 4.90. The summed E-state index contributed by atoms with van der Waals surface area (Å²) in [6.07, 6.45) is -0.509. The van der Waals surface area contributed by atoms with Crippen LogP contribution in [0, 0.1) is 6.92 Å². The van der Waals surface area contributed by atoms with Crippen LogP contribution in [0.15, 0.2) is 22.6 Å². The van der Waals surface area contributed by atoms with Gasteiger partial charge >= 0.3 is 0 Å². The minimum atomic E-state index is -0.509. The second-order valence-electron chi connectivity index (χ2n) is 3.53. The molecule has 0 radical (unpaired) electrons. The molecule has 0 fully saturated rings. The molecule has 0 aliphatic heterocycles. The van der Waals surface area contributed by atoms with Crippen molar-refractivity contribution in [3.05, 3.63) is 29.7 Å². The largest absolute Gasteiger partial charge is 0.441 e. The highest BCUT2D eigenvalue weighted by molar-refractivity contribution is 5.73. The number of aliphatic hydroxyl groups excluding tert-OH is 1. The van der Waals surface area contributed by atoms with Crippen molar-refractivity contribution in [3.63, 3.8) is 0 Å². The van der Waals surface area contributed by atoms with Crippen molar-refractivity contribution in [1.82, 2.24) is 10.3 Å². The van der Waals surface area contributed by atoms with E-state index in [4.69, 9.17) is 4.42 Å². The summed E-state index contributed by atoms with van der Waals surface area (Å²) in [7, 11) is 1.81. The van der Waals surface area contributed by atoms with Crippen LogP contribution in [0.3, 0.4) is 0 Å². The third-order valence-electron chi connectivity index (χ3n) is 2.30. The molecule has 1 unspecified atom stereocenters. The van der Waals surface area contributed by atoms with Gasteiger partial charge in [-0.1, -0.05) is 6.07 Å². The fourth-order valence-corrected chi connectivity index (χ4v) is 1.57. The van der Waals surface area contributed by atoms with Gasteiger partial charge in [0.15, 0.2) is 11.5 Å². The molecular weight excluding hydrogens is 192 g/mol. The van der Waals surface area contributed by atoms with Crippen LogP contribution in [-0.4, -0.2) is 23.7 Å². The van der Waals surface area contributed by atoms with Gasteiger partial charge in [0.2, 0.25) is 0 Å². The topological polar surface area (TPSA) is 58.3 Å². The van der Waals surface area contributed by atoms with Gasteiger partial charge in [-0.25, -0.2) is 4.98 Å². The first kappa shape index (κ1) is 10.1. The van der Waals surface area contributed by atoms with E-state index >= 15 is 0 Å². The Morgan fingerprint density at radius 1 is 1.53 bits per heavy atom. The van der Waals surface area contributed by atoms with Crippen LogP contribution in [0.2, 0.25) is 0 Å². The van der Waals surface area contributed by atoms with E-state index in [1.54, 1.807) is 7.05 Å². The Labute approximate surface area is 87.9 Å². The van der Waals surface area contributed by atoms with Gasteiger partial charge in [0, 0.05) is 13.5 Å². The van der Waals surface area contributed by atoms with E-state index in [1.807, 2.05) is 25.1 Å². The average molecular weight is 206 g/mol. The van der Waals surface area contributed by atoms with Crippen LogP contribution in [0.5, 0.6) is 0 Å². The molecule has 0 bridgehead atoms. The second-order valence-corrected chi connectivity index (χ2v) is 3.53. The van der Waals surface area contributed by atoms with Crippen molar-refractivity contribution in [1.29, 1.82) is 0 Å². The number of aromatic nitrogens is 1. The third kappa shape index (κ3) is 2.00. The number of aryl methyl sites for hydroxylation is 1. The number of rotatable bonds is 3. The Balaban J connectivity index is 2.37. The molecule has 0 saturated heterocycles. The molecule has 0 aliphatic rings. The molecule has 4 nitrogen and oxygen atoms in total. The van der Waals surface area contributed by atoms with Gasteiger partial charge in [0.1, 0.15) is 5.52 Å². The maximum absolute atomic E-state index is 9.76. The fraction of sp³-hybridized carbons (Fsp3) is 0.364. The standard InChI is InChI=1S/C11H14N2O2/c1-7-13-9-4-3-8(5-11(9)15-7)10(14)6-12-2/h3-5,10,12,14H,6H2,1-2H3. The number of oxazole rings is 1. The van der Waals surface area contributed by atoms with Gasteiger partial charge in [-0.15, -0.1) is 0 Å². The van der Waals surface area contributed by atoms with Crippen molar-refractivity contribution in [3.8, 4) is 0 Å². The SMILES string of the molecule is CNCC(O)c1ccc2nc(C)oc2c1. The van der Waals surface area contributed by atoms with Crippen LogP contribution in [0.25, 0.3) is 11.1 Å². The first-order chi connectivity index (χ1) is 7.20. The molecule has 2 N–H and O–H groups in total. The second kappa shape index (κ2) is 4.00. The average Bonchev–Trinajstić information content (AvgIpc) is 2.57. The van der Waals surface area contributed by atoms with E-state index < -0.39 is 6.10 Å². The van der Waals surface area contributed by atoms with Crippen LogP contribution >= 0.6 is 0 Å². The molecular formula is C11H14N2O2. The summed E-state index contributed by atoms with van der Waals surface area (Å²) < 4.78 is 5.39. The lowest BCUT2D eigenvalue weighted by atomic mass is 10.1. The number of hydrogen-bond donors (Lipinski definition) is 2. The van der Waals surface area contributed by atoms with Crippen LogP contribution in [0.4, 0.5) is 0 Å². The number of nitrogens with zero attached hydrogens (tertiary/aromatic N) is 1. The van der Waals surface area contributed by atoms with Crippen LogP contribution in [0.1, 0.15) is 17.6 Å². The molecule has 80 valence electrons. The van der Waals surface area contributed by atoms with Crippen molar-refractivity contribution >= 4 is 11.1 Å². The zero-order valence-corrected chi connectivity index (χ0v) is 8.82. The van der Waals surface area contributed by atoms with Gasteiger partial charge in [0.25, 0.3) is 0 Å². The van der Waals surface area contributed by atoms with Crippen molar-refractivity contribution in [2.45, 2.75) is 13.0 Å². The smallest absolute Gasteiger partial charge is 0.192 e. The van der Waals surface area contributed by atoms with E-state index in [0.717, 1.165) is 16.7 Å². The molecule has 0 spiro atoms. The quantitative estimate of drug-likeness (QED) is 0.796. The summed E-state index contributed by atoms with van der Waals surface area (Å²) in [5.41, 5.74) is 2.39. The van der Waals surface area contributed by atoms with Crippen LogP contribution in [-0.2, 0) is 0 Å². The van der Waals surface area contributed by atoms with E-state index in [-0.39, 0.29) is 0 Å². The lowest BCUT2D eigenvalue weighted by molar-refractivity contribution is 0.178. The van der Waals surface area contributed by atoms with Gasteiger partial charge in [-0.2, -0.15) is 0 Å². The number of aliphatic hydroxyl groups is 1. The molecule has 0 aliphatic carbocycles. The molecule has 1 aromatic carbocycles. The van der Waals surface area contributed by atoms with E-state index in [0.29, 0.717) is 12.4 Å². The normalized spacial score (nSPS) is 13.3. The Bertz CT molecular complexity index is 465. The maximum atomic E-state index is 9.76. The van der Waals surface area contributed by atoms with E-state index in [1.165, 1.54) is 0 Å². The Kier molecular flexibility index (Phi) is 2.70.